The molecule has 25 heavy (non-hydrogen) atoms. The van der Waals surface area contributed by atoms with Crippen LogP contribution in [0.4, 0.5) is 0 Å². The number of carbonyl (C=O) groups excluding carboxylic acids is 2. The lowest BCUT2D eigenvalue weighted by Gasteiger charge is -2.40. The van der Waals surface area contributed by atoms with E-state index in [0.717, 1.165) is 36.8 Å². The molecule has 0 aromatic heterocycles. The molecule has 2 aliphatic rings. The number of ether oxygens (including phenoxy) is 3. The van der Waals surface area contributed by atoms with Crippen LogP contribution >= 0.6 is 0 Å². The van der Waals surface area contributed by atoms with E-state index >= 15 is 0 Å². The monoisotopic (exact) mass is 347 g/mol. The maximum Gasteiger partial charge on any atom is 0.307 e. The molecule has 0 N–H and O–H groups in total. The maximum atomic E-state index is 12.9. The Morgan fingerprint density at radius 2 is 1.80 bits per heavy atom. The molecule has 1 atom stereocenters. The first kappa shape index (κ1) is 17.6. The Bertz CT molecular complexity index is 668. The van der Waals surface area contributed by atoms with E-state index in [0.29, 0.717) is 18.0 Å². The Kier molecular flexibility index (Phi) is 5.16. The third kappa shape index (κ3) is 3.30. The average molecular weight is 347 g/mol. The van der Waals surface area contributed by atoms with E-state index in [2.05, 4.69) is 0 Å². The van der Waals surface area contributed by atoms with E-state index in [-0.39, 0.29) is 30.3 Å². The van der Waals surface area contributed by atoms with Gasteiger partial charge in [-0.05, 0) is 42.5 Å². The largest absolute Gasteiger partial charge is 0.493 e. The normalized spacial score (nSPS) is 19.6. The van der Waals surface area contributed by atoms with Crippen molar-refractivity contribution >= 4 is 11.9 Å². The molecule has 0 spiro atoms. The molecule has 0 bridgehead atoms. The minimum atomic E-state index is -0.320. The van der Waals surface area contributed by atoms with E-state index < -0.39 is 0 Å². The molecule has 1 aliphatic carbocycles. The van der Waals surface area contributed by atoms with E-state index in [4.69, 9.17) is 14.2 Å². The first-order chi connectivity index (χ1) is 12.1. The van der Waals surface area contributed by atoms with Crippen LogP contribution in [0.1, 0.15) is 42.9 Å². The molecule has 1 fully saturated rings. The number of methoxy groups -OCH3 is 3. The van der Waals surface area contributed by atoms with Crippen LogP contribution in [0.15, 0.2) is 12.1 Å². The molecule has 1 heterocycles. The Labute approximate surface area is 148 Å². The smallest absolute Gasteiger partial charge is 0.307 e. The van der Waals surface area contributed by atoms with Gasteiger partial charge in [0.2, 0.25) is 5.91 Å². The molecule has 1 aromatic rings. The van der Waals surface area contributed by atoms with Gasteiger partial charge in [0, 0.05) is 12.5 Å². The molecule has 6 nitrogen and oxygen atoms in total. The summed E-state index contributed by atoms with van der Waals surface area (Å²) in [6, 6.07) is 3.52. The number of carbonyl (C=O) groups is 2. The minimum Gasteiger partial charge on any atom is -0.493 e. The summed E-state index contributed by atoms with van der Waals surface area (Å²) in [6.07, 6.45) is 3.88. The van der Waals surface area contributed by atoms with Crippen LogP contribution in [0.25, 0.3) is 0 Å². The van der Waals surface area contributed by atoms with Crippen LogP contribution in [0.3, 0.4) is 0 Å². The first-order valence-electron chi connectivity index (χ1n) is 8.71. The Hall–Kier alpha value is -2.24. The van der Waals surface area contributed by atoms with E-state index in [1.54, 1.807) is 14.2 Å². The van der Waals surface area contributed by atoms with Gasteiger partial charge in [0.1, 0.15) is 0 Å². The summed E-state index contributed by atoms with van der Waals surface area (Å²) in [5.41, 5.74) is 2.03. The summed E-state index contributed by atoms with van der Waals surface area (Å²) in [5, 5.41) is 0. The predicted octanol–water partition coefficient (Wildman–Crippen LogP) is 2.49. The van der Waals surface area contributed by atoms with E-state index in [1.165, 1.54) is 7.11 Å². The van der Waals surface area contributed by atoms with Crippen molar-refractivity contribution in [1.29, 1.82) is 0 Å². The standard InChI is InChI=1S/C19H25NO5/c1-23-16-9-13-7-8-20(19(22)12-5-4-6-12)15(11-18(21)25-3)14(13)10-17(16)24-2/h9-10,12,15H,4-8,11H2,1-3H3/t15-/m1/s1. The molecular weight excluding hydrogens is 322 g/mol. The lowest BCUT2D eigenvalue weighted by Crippen LogP contribution is -2.45. The number of hydrogen-bond donors (Lipinski definition) is 0. The van der Waals surface area contributed by atoms with Crippen LogP contribution in [-0.2, 0) is 20.7 Å². The van der Waals surface area contributed by atoms with Crippen LogP contribution in [0.5, 0.6) is 11.5 Å². The van der Waals surface area contributed by atoms with Gasteiger partial charge in [-0.15, -0.1) is 0 Å². The van der Waals surface area contributed by atoms with Crippen LogP contribution in [0, 0.1) is 5.92 Å². The quantitative estimate of drug-likeness (QED) is 0.766. The van der Waals surface area contributed by atoms with Gasteiger partial charge in [-0.3, -0.25) is 9.59 Å². The molecule has 1 aromatic carbocycles. The zero-order valence-corrected chi connectivity index (χ0v) is 15.0. The third-order valence-corrected chi connectivity index (χ3v) is 5.33. The summed E-state index contributed by atoms with van der Waals surface area (Å²) in [4.78, 5) is 26.7. The highest BCUT2D eigenvalue weighted by molar-refractivity contribution is 5.81. The van der Waals surface area contributed by atoms with Crippen molar-refractivity contribution in [2.75, 3.05) is 27.9 Å². The topological polar surface area (TPSA) is 65.1 Å². The van der Waals surface area contributed by atoms with Crippen molar-refractivity contribution in [2.24, 2.45) is 5.92 Å². The SMILES string of the molecule is COC(=O)C[C@@H]1c2cc(OC)c(OC)cc2CCN1C(=O)C1CCC1. The second kappa shape index (κ2) is 7.33. The molecule has 0 unspecified atom stereocenters. The Morgan fingerprint density at radius 1 is 1.12 bits per heavy atom. The summed E-state index contributed by atoms with van der Waals surface area (Å²) < 4.78 is 15.7. The van der Waals surface area contributed by atoms with Crippen LogP contribution < -0.4 is 9.47 Å². The molecule has 0 radical (unpaired) electrons. The second-order valence-corrected chi connectivity index (χ2v) is 6.61. The molecular formula is C19H25NO5. The van der Waals surface area contributed by atoms with Crippen molar-refractivity contribution in [2.45, 2.75) is 38.1 Å². The zero-order valence-electron chi connectivity index (χ0n) is 15.0. The van der Waals surface area contributed by atoms with E-state index in [9.17, 15) is 9.59 Å². The highest BCUT2D eigenvalue weighted by atomic mass is 16.5. The highest BCUT2D eigenvalue weighted by Gasteiger charge is 2.38. The average Bonchev–Trinajstić information content (AvgIpc) is 2.58. The minimum absolute atomic E-state index is 0.0989. The van der Waals surface area contributed by atoms with Crippen molar-refractivity contribution in [3.05, 3.63) is 23.3 Å². The van der Waals surface area contributed by atoms with Crippen molar-refractivity contribution in [3.63, 3.8) is 0 Å². The zero-order chi connectivity index (χ0) is 18.0. The van der Waals surface area contributed by atoms with Crippen molar-refractivity contribution < 1.29 is 23.8 Å². The number of nitrogens with zero attached hydrogens (tertiary/aromatic N) is 1. The number of amides is 1. The molecule has 1 saturated carbocycles. The fraction of sp³-hybridized carbons (Fsp3) is 0.579. The summed E-state index contributed by atoms with van der Waals surface area (Å²) >= 11 is 0. The van der Waals surface area contributed by atoms with Crippen LogP contribution in [-0.4, -0.2) is 44.7 Å². The Morgan fingerprint density at radius 3 is 2.36 bits per heavy atom. The maximum absolute atomic E-state index is 12.9. The molecule has 6 heteroatoms. The number of hydrogen-bond acceptors (Lipinski definition) is 5. The first-order valence-corrected chi connectivity index (χ1v) is 8.71. The van der Waals surface area contributed by atoms with Gasteiger partial charge in [0.05, 0.1) is 33.8 Å². The predicted molar refractivity (Wildman–Crippen MR) is 91.7 cm³/mol. The van der Waals surface area contributed by atoms with Gasteiger partial charge in [-0.25, -0.2) is 0 Å². The second-order valence-electron chi connectivity index (χ2n) is 6.61. The number of benzene rings is 1. The van der Waals surface area contributed by atoms with Crippen LogP contribution in [0.2, 0.25) is 0 Å². The molecule has 136 valence electrons. The summed E-state index contributed by atoms with van der Waals surface area (Å²) in [6.45, 7) is 0.611. The summed E-state index contributed by atoms with van der Waals surface area (Å²) in [7, 11) is 4.56. The highest BCUT2D eigenvalue weighted by Crippen LogP contribution is 2.41. The van der Waals surface area contributed by atoms with Gasteiger partial charge in [-0.2, -0.15) is 0 Å². The number of fused-ring (bicyclic) bond motifs is 1. The lowest BCUT2D eigenvalue weighted by atomic mass is 9.82. The van der Waals surface area contributed by atoms with Crippen molar-refractivity contribution in [3.8, 4) is 11.5 Å². The summed E-state index contributed by atoms with van der Waals surface area (Å²) in [5.74, 6) is 1.20. The van der Waals surface area contributed by atoms with Gasteiger partial charge in [-0.1, -0.05) is 6.42 Å². The molecule has 0 saturated heterocycles. The fourth-order valence-corrected chi connectivity index (χ4v) is 3.64. The lowest BCUT2D eigenvalue weighted by molar-refractivity contribution is -0.146. The fourth-order valence-electron chi connectivity index (χ4n) is 3.64. The number of rotatable bonds is 5. The van der Waals surface area contributed by atoms with Gasteiger partial charge >= 0.3 is 5.97 Å². The molecule has 1 amide bonds. The van der Waals surface area contributed by atoms with Crippen molar-refractivity contribution in [1.82, 2.24) is 4.90 Å². The molecule has 1 aliphatic heterocycles. The van der Waals surface area contributed by atoms with Gasteiger partial charge in [0.25, 0.3) is 0 Å². The molecule has 3 rings (SSSR count). The Balaban J connectivity index is 1.98. The van der Waals surface area contributed by atoms with E-state index in [1.807, 2.05) is 17.0 Å². The third-order valence-electron chi connectivity index (χ3n) is 5.33. The van der Waals surface area contributed by atoms with Gasteiger partial charge < -0.3 is 19.1 Å². The van der Waals surface area contributed by atoms with Gasteiger partial charge in [0.15, 0.2) is 11.5 Å². The number of esters is 1.